The van der Waals surface area contributed by atoms with Gasteiger partial charge in [-0.05, 0) is 60.7 Å². The lowest BCUT2D eigenvalue weighted by molar-refractivity contribution is -0.0582. The van der Waals surface area contributed by atoms with E-state index in [-0.39, 0.29) is 36.1 Å². The lowest BCUT2D eigenvalue weighted by Crippen LogP contribution is -2.56. The summed E-state index contributed by atoms with van der Waals surface area (Å²) in [4.78, 5) is 0. The molecule has 0 aromatic heterocycles. The fourth-order valence-electron chi connectivity index (χ4n) is 5.83. The van der Waals surface area contributed by atoms with Crippen molar-refractivity contribution in [2.45, 2.75) is 91.0 Å². The second-order valence-corrected chi connectivity index (χ2v) is 9.41. The van der Waals surface area contributed by atoms with Gasteiger partial charge < -0.3 is 21.7 Å². The minimum absolute atomic E-state index is 0.131. The summed E-state index contributed by atoms with van der Waals surface area (Å²) in [6, 6.07) is -0.262. The van der Waals surface area contributed by atoms with Crippen LogP contribution in [0.1, 0.15) is 66.7 Å². The van der Waals surface area contributed by atoms with E-state index >= 15 is 0 Å². The Kier molecular flexibility index (Phi) is 7.35. The minimum atomic E-state index is -0.384. The van der Waals surface area contributed by atoms with E-state index in [9.17, 15) is 10.2 Å². The third-order valence-electron chi connectivity index (χ3n) is 7.80. The summed E-state index contributed by atoms with van der Waals surface area (Å²) in [5.41, 5.74) is 12.8. The van der Waals surface area contributed by atoms with Crippen molar-refractivity contribution in [3.05, 3.63) is 0 Å². The van der Waals surface area contributed by atoms with Crippen molar-refractivity contribution >= 4 is 0 Å². The first kappa shape index (κ1) is 21.1. The average molecular weight is 355 g/mol. The molecule has 2 saturated carbocycles. The van der Waals surface area contributed by atoms with E-state index in [1.54, 1.807) is 0 Å². The standard InChI is InChI=1S/C21H42N2O2/c1-6-7-8-15(16-9-11(2)20(24)18(22)13(16)4)17-10-12(3)21(25)19(23)14(17)5/h11-21,24-25H,6-10,22-23H2,1-5H3. The predicted octanol–water partition coefficient (Wildman–Crippen LogP) is 2.75. The number of unbranched alkanes of at least 4 members (excludes halogenated alkanes) is 1. The van der Waals surface area contributed by atoms with Gasteiger partial charge in [0.2, 0.25) is 0 Å². The molecule has 0 heterocycles. The first-order chi connectivity index (χ1) is 11.7. The molecular weight excluding hydrogens is 312 g/mol. The summed E-state index contributed by atoms with van der Waals surface area (Å²) < 4.78 is 0. The average Bonchev–Trinajstić information content (AvgIpc) is 2.59. The summed E-state index contributed by atoms with van der Waals surface area (Å²) in [6.07, 6.45) is 4.99. The van der Waals surface area contributed by atoms with Crippen LogP contribution >= 0.6 is 0 Å². The molecule has 0 amide bonds. The summed E-state index contributed by atoms with van der Waals surface area (Å²) in [7, 11) is 0. The van der Waals surface area contributed by atoms with Crippen LogP contribution in [0.3, 0.4) is 0 Å². The van der Waals surface area contributed by atoms with Gasteiger partial charge in [-0.15, -0.1) is 0 Å². The van der Waals surface area contributed by atoms with Crippen LogP contribution in [0.4, 0.5) is 0 Å². The minimum Gasteiger partial charge on any atom is -0.391 e. The molecule has 0 bridgehead atoms. The molecule has 0 radical (unpaired) electrons. The molecule has 25 heavy (non-hydrogen) atoms. The molecule has 2 aliphatic rings. The van der Waals surface area contributed by atoms with Gasteiger partial charge >= 0.3 is 0 Å². The topological polar surface area (TPSA) is 92.5 Å². The zero-order chi connectivity index (χ0) is 18.9. The highest BCUT2D eigenvalue weighted by atomic mass is 16.3. The Hall–Kier alpha value is -0.160. The van der Waals surface area contributed by atoms with Crippen molar-refractivity contribution in [3.63, 3.8) is 0 Å². The van der Waals surface area contributed by atoms with E-state index in [4.69, 9.17) is 11.5 Å². The van der Waals surface area contributed by atoms with Gasteiger partial charge in [-0.25, -0.2) is 0 Å². The molecule has 2 fully saturated rings. The Bertz CT molecular complexity index is 385. The van der Waals surface area contributed by atoms with E-state index < -0.39 is 0 Å². The fraction of sp³-hybridized carbons (Fsp3) is 1.00. The molecule has 0 saturated heterocycles. The summed E-state index contributed by atoms with van der Waals surface area (Å²) in [6.45, 7) is 11.0. The maximum atomic E-state index is 10.4. The molecule has 2 rings (SSSR count). The molecule has 4 nitrogen and oxygen atoms in total. The fourth-order valence-corrected chi connectivity index (χ4v) is 5.83. The SMILES string of the molecule is CCCCC(C1CC(C)C(O)C(N)C1C)C1CC(C)C(O)C(N)C1C. The van der Waals surface area contributed by atoms with Gasteiger partial charge in [0.1, 0.15) is 0 Å². The Morgan fingerprint density at radius 1 is 0.840 bits per heavy atom. The third kappa shape index (κ3) is 4.23. The van der Waals surface area contributed by atoms with Crippen LogP contribution in [0.15, 0.2) is 0 Å². The van der Waals surface area contributed by atoms with Crippen LogP contribution in [0.5, 0.6) is 0 Å². The lowest BCUT2D eigenvalue weighted by Gasteiger charge is -2.51. The van der Waals surface area contributed by atoms with E-state index in [1.807, 2.05) is 0 Å². The molecule has 0 aromatic rings. The van der Waals surface area contributed by atoms with Crippen molar-refractivity contribution in [2.24, 2.45) is 52.9 Å². The van der Waals surface area contributed by atoms with Crippen molar-refractivity contribution in [1.29, 1.82) is 0 Å². The van der Waals surface area contributed by atoms with Gasteiger partial charge in [0.25, 0.3) is 0 Å². The highest BCUT2D eigenvalue weighted by Gasteiger charge is 2.47. The molecule has 10 unspecified atom stereocenters. The van der Waals surface area contributed by atoms with Crippen LogP contribution in [0, 0.1) is 41.4 Å². The van der Waals surface area contributed by atoms with Gasteiger partial charge in [0.15, 0.2) is 0 Å². The Morgan fingerprint density at radius 3 is 1.60 bits per heavy atom. The molecule has 4 heteroatoms. The van der Waals surface area contributed by atoms with Crippen molar-refractivity contribution in [3.8, 4) is 0 Å². The van der Waals surface area contributed by atoms with Gasteiger partial charge in [-0.1, -0.05) is 47.5 Å². The number of hydrogen-bond acceptors (Lipinski definition) is 4. The normalized spacial score (nSPS) is 49.8. The lowest BCUT2D eigenvalue weighted by atomic mass is 9.57. The zero-order valence-electron chi connectivity index (χ0n) is 16.9. The smallest absolute Gasteiger partial charge is 0.0719 e. The second kappa shape index (κ2) is 8.69. The Morgan fingerprint density at radius 2 is 1.24 bits per heavy atom. The van der Waals surface area contributed by atoms with E-state index in [0.29, 0.717) is 29.6 Å². The molecule has 6 N–H and O–H groups in total. The molecule has 10 atom stereocenters. The van der Waals surface area contributed by atoms with Gasteiger partial charge in [0.05, 0.1) is 12.2 Å². The molecule has 0 aromatic carbocycles. The van der Waals surface area contributed by atoms with Crippen LogP contribution in [-0.4, -0.2) is 34.5 Å². The van der Waals surface area contributed by atoms with E-state index in [2.05, 4.69) is 34.6 Å². The summed E-state index contributed by atoms with van der Waals surface area (Å²) in [5, 5.41) is 20.8. The largest absolute Gasteiger partial charge is 0.391 e. The molecule has 148 valence electrons. The first-order valence-electron chi connectivity index (χ1n) is 10.6. The van der Waals surface area contributed by atoms with Crippen LogP contribution in [0.25, 0.3) is 0 Å². The summed E-state index contributed by atoms with van der Waals surface area (Å²) in [5.74, 6) is 2.86. The highest BCUT2D eigenvalue weighted by molar-refractivity contribution is 4.99. The number of aliphatic hydroxyl groups is 2. The number of aliphatic hydroxyl groups excluding tert-OH is 2. The van der Waals surface area contributed by atoms with Crippen LogP contribution in [-0.2, 0) is 0 Å². The van der Waals surface area contributed by atoms with E-state index in [0.717, 1.165) is 12.8 Å². The zero-order valence-corrected chi connectivity index (χ0v) is 16.9. The van der Waals surface area contributed by atoms with Crippen molar-refractivity contribution in [1.82, 2.24) is 0 Å². The second-order valence-electron chi connectivity index (χ2n) is 9.41. The molecule has 2 aliphatic carbocycles. The van der Waals surface area contributed by atoms with Crippen molar-refractivity contribution in [2.75, 3.05) is 0 Å². The Balaban J connectivity index is 2.26. The number of hydrogen-bond donors (Lipinski definition) is 4. The number of nitrogens with two attached hydrogens (primary N) is 2. The van der Waals surface area contributed by atoms with E-state index in [1.165, 1.54) is 19.3 Å². The summed E-state index contributed by atoms with van der Waals surface area (Å²) >= 11 is 0. The van der Waals surface area contributed by atoms with Gasteiger partial charge in [-0.3, -0.25) is 0 Å². The third-order valence-corrected chi connectivity index (χ3v) is 7.80. The Labute approximate surface area is 154 Å². The van der Waals surface area contributed by atoms with Crippen LogP contribution < -0.4 is 11.5 Å². The highest BCUT2D eigenvalue weighted by Crippen LogP contribution is 2.48. The molecule has 0 aliphatic heterocycles. The van der Waals surface area contributed by atoms with Gasteiger partial charge in [-0.2, -0.15) is 0 Å². The van der Waals surface area contributed by atoms with Crippen molar-refractivity contribution < 1.29 is 10.2 Å². The maximum absolute atomic E-state index is 10.4. The quantitative estimate of drug-likeness (QED) is 0.611. The predicted molar refractivity (Wildman–Crippen MR) is 104 cm³/mol. The monoisotopic (exact) mass is 354 g/mol. The molecular formula is C21H42N2O2. The van der Waals surface area contributed by atoms with Crippen LogP contribution in [0.2, 0.25) is 0 Å². The van der Waals surface area contributed by atoms with Gasteiger partial charge in [0, 0.05) is 12.1 Å². The first-order valence-corrected chi connectivity index (χ1v) is 10.6. The molecule has 0 spiro atoms. The maximum Gasteiger partial charge on any atom is 0.0719 e. The number of rotatable bonds is 5.